The Kier molecular flexibility index (Phi) is 6.05. The molecule has 1 aliphatic heterocycles. The third kappa shape index (κ3) is 4.79. The van der Waals surface area contributed by atoms with Crippen molar-refractivity contribution in [1.29, 1.82) is 0 Å². The summed E-state index contributed by atoms with van der Waals surface area (Å²) >= 11 is 0. The van der Waals surface area contributed by atoms with E-state index in [1.807, 2.05) is 29.2 Å². The average Bonchev–Trinajstić information content (AvgIpc) is 3.39. The molecule has 0 saturated carbocycles. The van der Waals surface area contributed by atoms with Crippen LogP contribution >= 0.6 is 0 Å². The van der Waals surface area contributed by atoms with Gasteiger partial charge in [-0.2, -0.15) is 9.52 Å². The minimum atomic E-state index is -3.85. The number of H-pyrrole nitrogens is 1. The lowest BCUT2D eigenvalue weighted by atomic mass is 10.2. The van der Waals surface area contributed by atoms with Crippen molar-refractivity contribution in [3.63, 3.8) is 0 Å². The Morgan fingerprint density at radius 1 is 1.03 bits per heavy atom. The summed E-state index contributed by atoms with van der Waals surface area (Å²) in [5.41, 5.74) is -0.0390. The van der Waals surface area contributed by atoms with Gasteiger partial charge in [0.15, 0.2) is 0 Å². The molecule has 0 aliphatic carbocycles. The lowest BCUT2D eigenvalue weighted by molar-refractivity contribution is 0.383. The second-order valence-electron chi connectivity index (χ2n) is 7.77. The number of tetrazole rings is 1. The first-order chi connectivity index (χ1) is 16.9. The minimum Gasteiger partial charge on any atom is -0.354 e. The molecule has 0 amide bonds. The number of aryl methyl sites for hydroxylation is 1. The summed E-state index contributed by atoms with van der Waals surface area (Å²) in [7, 11) is -3.85. The van der Waals surface area contributed by atoms with Gasteiger partial charge >= 0.3 is 0 Å². The smallest absolute Gasteiger partial charge is 0.243 e. The fraction of sp³-hybridized carbons (Fsp3) is 0.238. The van der Waals surface area contributed by atoms with Crippen molar-refractivity contribution in [3.05, 3.63) is 60.3 Å². The van der Waals surface area contributed by atoms with E-state index in [2.05, 4.69) is 40.9 Å². The third-order valence-corrected chi connectivity index (χ3v) is 7.36. The first-order valence-corrected chi connectivity index (χ1v) is 12.2. The molecule has 180 valence electrons. The largest absolute Gasteiger partial charge is 0.354 e. The zero-order valence-electron chi connectivity index (χ0n) is 18.6. The summed E-state index contributed by atoms with van der Waals surface area (Å²) in [5, 5.41) is 16.3. The second-order valence-corrected chi connectivity index (χ2v) is 9.70. The van der Waals surface area contributed by atoms with Crippen molar-refractivity contribution in [3.8, 4) is 11.4 Å². The van der Waals surface area contributed by atoms with Crippen LogP contribution in [0, 0.1) is 12.7 Å². The van der Waals surface area contributed by atoms with Gasteiger partial charge in [0.25, 0.3) is 0 Å². The van der Waals surface area contributed by atoms with Crippen LogP contribution in [-0.4, -0.2) is 74.5 Å². The monoisotopic (exact) mass is 496 g/mol. The van der Waals surface area contributed by atoms with E-state index in [0.29, 0.717) is 36.4 Å². The number of piperazine rings is 1. The summed E-state index contributed by atoms with van der Waals surface area (Å²) in [5.74, 6) is 1.88. The topological polar surface area (TPSA) is 146 Å². The maximum absolute atomic E-state index is 14.2. The number of sulfonamides is 1. The van der Waals surface area contributed by atoms with Gasteiger partial charge in [0, 0.05) is 38.4 Å². The molecule has 12 nitrogen and oxygen atoms in total. The molecule has 35 heavy (non-hydrogen) atoms. The number of aromatic amines is 1. The molecule has 4 heterocycles. The van der Waals surface area contributed by atoms with Crippen LogP contribution in [0.4, 0.5) is 21.8 Å². The first kappa shape index (κ1) is 22.7. The maximum Gasteiger partial charge on any atom is 0.243 e. The van der Waals surface area contributed by atoms with Gasteiger partial charge in [0.1, 0.15) is 29.1 Å². The van der Waals surface area contributed by atoms with Crippen molar-refractivity contribution in [2.24, 2.45) is 0 Å². The Bertz CT molecular complexity index is 1430. The molecule has 3 aromatic heterocycles. The zero-order chi connectivity index (χ0) is 24.4. The highest BCUT2D eigenvalue weighted by Crippen LogP contribution is 2.26. The first-order valence-electron chi connectivity index (χ1n) is 10.7. The molecule has 0 radical (unpaired) electrons. The van der Waals surface area contributed by atoms with Gasteiger partial charge in [-0.15, -0.1) is 10.2 Å². The molecule has 0 bridgehead atoms. The number of hydrogen-bond donors (Lipinski definition) is 2. The van der Waals surface area contributed by atoms with Gasteiger partial charge in [-0.05, 0) is 42.5 Å². The van der Waals surface area contributed by atoms with Gasteiger partial charge in [-0.25, -0.2) is 27.8 Å². The van der Waals surface area contributed by atoms with E-state index in [0.717, 1.165) is 6.07 Å². The van der Waals surface area contributed by atoms with Crippen molar-refractivity contribution < 1.29 is 12.8 Å². The number of nitrogens with zero attached hydrogens (tertiary/aromatic N) is 8. The number of anilines is 3. The maximum atomic E-state index is 14.2. The molecule has 1 fully saturated rings. The minimum absolute atomic E-state index is 0.0152. The summed E-state index contributed by atoms with van der Waals surface area (Å²) in [6.07, 6.45) is 1.68. The molecule has 4 aromatic rings. The van der Waals surface area contributed by atoms with E-state index in [4.69, 9.17) is 0 Å². The molecule has 14 heteroatoms. The summed E-state index contributed by atoms with van der Waals surface area (Å²) in [6.45, 7) is 3.13. The molecule has 0 unspecified atom stereocenters. The van der Waals surface area contributed by atoms with E-state index in [9.17, 15) is 12.8 Å². The molecule has 5 rings (SSSR count). The Morgan fingerprint density at radius 3 is 2.57 bits per heavy atom. The van der Waals surface area contributed by atoms with Crippen molar-refractivity contribution in [2.75, 3.05) is 36.4 Å². The van der Waals surface area contributed by atoms with Crippen LogP contribution in [0.2, 0.25) is 0 Å². The van der Waals surface area contributed by atoms with Crippen LogP contribution < -0.4 is 10.2 Å². The number of aromatic nitrogens is 7. The Labute approximate surface area is 200 Å². The van der Waals surface area contributed by atoms with Crippen LogP contribution in [0.25, 0.3) is 11.4 Å². The summed E-state index contributed by atoms with van der Waals surface area (Å²) in [4.78, 5) is 15.1. The van der Waals surface area contributed by atoms with Gasteiger partial charge in [0.2, 0.25) is 15.8 Å². The van der Waals surface area contributed by atoms with Crippen molar-refractivity contribution >= 4 is 27.5 Å². The van der Waals surface area contributed by atoms with Gasteiger partial charge < -0.3 is 10.2 Å². The number of hydrogen-bond acceptors (Lipinski definition) is 10. The number of rotatable bonds is 6. The van der Waals surface area contributed by atoms with Crippen molar-refractivity contribution in [1.82, 2.24) is 39.9 Å². The average molecular weight is 497 g/mol. The number of benzene rings is 1. The highest BCUT2D eigenvalue weighted by Gasteiger charge is 2.30. The van der Waals surface area contributed by atoms with Gasteiger partial charge in [-0.3, -0.25) is 0 Å². The second kappa shape index (κ2) is 9.31. The summed E-state index contributed by atoms with van der Waals surface area (Å²) < 4.78 is 42.1. The quantitative estimate of drug-likeness (QED) is 0.405. The fourth-order valence-corrected chi connectivity index (χ4v) is 5.21. The normalized spacial score (nSPS) is 14.7. The molecule has 1 aromatic carbocycles. The molecule has 1 aliphatic rings. The van der Waals surface area contributed by atoms with E-state index < -0.39 is 15.8 Å². The Morgan fingerprint density at radius 2 is 1.86 bits per heavy atom. The molecular weight excluding hydrogens is 475 g/mol. The van der Waals surface area contributed by atoms with E-state index >= 15 is 0 Å². The number of halogens is 1. The predicted octanol–water partition coefficient (Wildman–Crippen LogP) is 1.75. The highest BCUT2D eigenvalue weighted by atomic mass is 32.2. The van der Waals surface area contributed by atoms with Crippen LogP contribution in [0.3, 0.4) is 0 Å². The Balaban J connectivity index is 1.31. The van der Waals surface area contributed by atoms with E-state index in [1.165, 1.54) is 16.4 Å². The molecular formula is C21H21FN10O2S. The number of pyridine rings is 1. The fourth-order valence-electron chi connectivity index (χ4n) is 3.76. The van der Waals surface area contributed by atoms with Crippen LogP contribution in [0.15, 0.2) is 53.6 Å². The van der Waals surface area contributed by atoms with Crippen LogP contribution in [0.5, 0.6) is 0 Å². The number of nitrogens with one attached hydrogen (secondary N) is 2. The lowest BCUT2D eigenvalue weighted by Gasteiger charge is -2.34. The highest BCUT2D eigenvalue weighted by molar-refractivity contribution is 7.89. The lowest BCUT2D eigenvalue weighted by Crippen LogP contribution is -2.49. The standard InChI is InChI=1S/C21H21FN10O2S/c1-14-24-19(26-18-4-2-3-7-23-18)13-20(25-14)31-8-10-32(11-9-31)35(33,34)15-5-6-17(22)16(12-15)21-27-29-30-28-21/h2-7,12-13H,8-11H2,1H3,(H,23,24,25,26)(H,27,28,29,30). The van der Waals surface area contributed by atoms with Gasteiger partial charge in [0.05, 0.1) is 10.5 Å². The molecule has 0 spiro atoms. The molecule has 2 N–H and O–H groups in total. The predicted molar refractivity (Wildman–Crippen MR) is 125 cm³/mol. The zero-order valence-corrected chi connectivity index (χ0v) is 19.4. The van der Waals surface area contributed by atoms with Crippen molar-refractivity contribution in [2.45, 2.75) is 11.8 Å². The SMILES string of the molecule is Cc1nc(Nc2ccccn2)cc(N2CCN(S(=O)(=O)c3ccc(F)c(-c4nn[nH]n4)c3)CC2)n1. The van der Waals surface area contributed by atoms with E-state index in [-0.39, 0.29) is 29.4 Å². The molecule has 0 atom stereocenters. The van der Waals surface area contributed by atoms with Crippen LogP contribution in [-0.2, 0) is 10.0 Å². The third-order valence-electron chi connectivity index (χ3n) is 5.47. The Hall–Kier alpha value is -4.04. The van der Waals surface area contributed by atoms with Gasteiger partial charge in [-0.1, -0.05) is 6.07 Å². The molecule has 1 saturated heterocycles. The van der Waals surface area contributed by atoms with E-state index in [1.54, 1.807) is 13.1 Å². The summed E-state index contributed by atoms with van der Waals surface area (Å²) in [6, 6.07) is 10.9. The van der Waals surface area contributed by atoms with Crippen LogP contribution in [0.1, 0.15) is 5.82 Å².